The normalized spacial score (nSPS) is 15.4. The molecule has 14 heteroatoms. The molecule has 1 saturated carbocycles. The van der Waals surface area contributed by atoms with Crippen molar-refractivity contribution in [1.82, 2.24) is 31.4 Å². The zero-order valence-corrected chi connectivity index (χ0v) is 32.7. The monoisotopic (exact) mass is 760 g/mol. The van der Waals surface area contributed by atoms with Gasteiger partial charge in [-0.05, 0) is 54.7 Å². The number of aromatic nitrogens is 1. The number of esters is 1. The largest absolute Gasteiger partial charge is 0.454 e. The van der Waals surface area contributed by atoms with Crippen LogP contribution in [0.5, 0.6) is 0 Å². The molecule has 55 heavy (non-hydrogen) atoms. The third kappa shape index (κ3) is 12.9. The zero-order valence-electron chi connectivity index (χ0n) is 32.7. The van der Waals surface area contributed by atoms with E-state index in [4.69, 9.17) is 14.2 Å². The minimum absolute atomic E-state index is 0.0286. The third-order valence-electron chi connectivity index (χ3n) is 9.83. The molecule has 0 spiro atoms. The highest BCUT2D eigenvalue weighted by Crippen LogP contribution is 2.25. The summed E-state index contributed by atoms with van der Waals surface area (Å²) in [6, 6.07) is 17.5. The summed E-state index contributed by atoms with van der Waals surface area (Å²) in [7, 11) is 2.45. The summed E-state index contributed by atoms with van der Waals surface area (Å²) in [4.78, 5) is 71.1. The van der Waals surface area contributed by atoms with Crippen LogP contribution in [0.25, 0.3) is 10.9 Å². The molecular weight excluding hydrogens is 704 g/mol. The fourth-order valence-electron chi connectivity index (χ4n) is 6.77. The second-order valence-corrected chi connectivity index (χ2v) is 14.7. The molecule has 1 heterocycles. The molecule has 2 aromatic carbocycles. The van der Waals surface area contributed by atoms with Gasteiger partial charge in [0.2, 0.25) is 5.91 Å². The lowest BCUT2D eigenvalue weighted by Gasteiger charge is -2.36. The molecule has 0 aliphatic heterocycles. The van der Waals surface area contributed by atoms with Crippen molar-refractivity contribution in [2.24, 2.45) is 17.8 Å². The molecule has 4 amide bonds. The SMILES string of the molecule is COC(=O)N[C@H](C(=O)NC(Cc1ccccc1)C(CN(CC1CCCCC1)NC(=O)[C@@H](NC(=O)OC)C(C)C)OC(=O)c1ccc2ccccc2n1)C(C)C. The summed E-state index contributed by atoms with van der Waals surface area (Å²) >= 11 is 0. The number of rotatable bonds is 17. The minimum Gasteiger partial charge on any atom is -0.454 e. The number of carbonyl (C=O) groups is 5. The number of alkyl carbamates (subject to hydrolysis) is 2. The number of benzene rings is 2. The van der Waals surface area contributed by atoms with Gasteiger partial charge in [-0.3, -0.25) is 15.0 Å². The van der Waals surface area contributed by atoms with Crippen LogP contribution in [0.1, 0.15) is 75.9 Å². The minimum atomic E-state index is -1.05. The summed E-state index contributed by atoms with van der Waals surface area (Å²) in [5.74, 6) is -2.07. The topological polar surface area (TPSA) is 177 Å². The zero-order chi connectivity index (χ0) is 39.9. The van der Waals surface area contributed by atoms with E-state index in [0.29, 0.717) is 12.1 Å². The number of methoxy groups -OCH3 is 2. The molecular formula is C41H56N6O8. The van der Waals surface area contributed by atoms with E-state index in [2.05, 4.69) is 26.4 Å². The van der Waals surface area contributed by atoms with E-state index in [-0.39, 0.29) is 36.4 Å². The Kier molecular flexibility index (Phi) is 16.2. The average Bonchev–Trinajstić information content (AvgIpc) is 3.18. The van der Waals surface area contributed by atoms with Crippen LogP contribution in [0.4, 0.5) is 9.59 Å². The first-order valence-electron chi connectivity index (χ1n) is 19.0. The number of amides is 4. The molecule has 0 bridgehead atoms. The lowest BCUT2D eigenvalue weighted by Crippen LogP contribution is -2.60. The molecule has 14 nitrogen and oxygen atoms in total. The van der Waals surface area contributed by atoms with E-state index >= 15 is 0 Å². The maximum absolute atomic E-state index is 14.1. The van der Waals surface area contributed by atoms with E-state index < -0.39 is 54.2 Å². The molecule has 1 aliphatic rings. The number of hydrazine groups is 1. The van der Waals surface area contributed by atoms with Gasteiger partial charge in [-0.2, -0.15) is 0 Å². The highest BCUT2D eigenvalue weighted by Gasteiger charge is 2.35. The highest BCUT2D eigenvalue weighted by molar-refractivity contribution is 5.91. The maximum Gasteiger partial charge on any atom is 0.407 e. The summed E-state index contributed by atoms with van der Waals surface area (Å²) in [6.07, 6.45) is 2.81. The Hall–Kier alpha value is -5.24. The third-order valence-corrected chi connectivity index (χ3v) is 9.83. The Bertz CT molecular complexity index is 1730. The average molecular weight is 761 g/mol. The van der Waals surface area contributed by atoms with E-state index in [1.54, 1.807) is 37.1 Å². The fourth-order valence-corrected chi connectivity index (χ4v) is 6.77. The number of hydrogen-bond acceptors (Lipinski definition) is 10. The predicted octanol–water partition coefficient (Wildman–Crippen LogP) is 5.16. The number of pyridine rings is 1. The van der Waals surface area contributed by atoms with Crippen LogP contribution in [0.2, 0.25) is 0 Å². The Morgan fingerprint density at radius 3 is 1.96 bits per heavy atom. The van der Waals surface area contributed by atoms with Gasteiger partial charge in [-0.25, -0.2) is 24.4 Å². The van der Waals surface area contributed by atoms with Gasteiger partial charge in [0, 0.05) is 11.9 Å². The molecule has 3 aromatic rings. The number of nitrogens with one attached hydrogen (secondary N) is 4. The Balaban J connectivity index is 1.76. The predicted molar refractivity (Wildman–Crippen MR) is 208 cm³/mol. The number of para-hydroxylation sites is 1. The van der Waals surface area contributed by atoms with Crippen molar-refractivity contribution >= 4 is 40.9 Å². The van der Waals surface area contributed by atoms with Crippen LogP contribution < -0.4 is 21.4 Å². The summed E-state index contributed by atoms with van der Waals surface area (Å²) in [6.45, 7) is 7.62. The van der Waals surface area contributed by atoms with Crippen LogP contribution >= 0.6 is 0 Å². The molecule has 298 valence electrons. The highest BCUT2D eigenvalue weighted by atomic mass is 16.6. The van der Waals surface area contributed by atoms with Gasteiger partial charge in [-0.1, -0.05) is 102 Å². The summed E-state index contributed by atoms with van der Waals surface area (Å²) in [5, 5.41) is 10.9. The molecule has 4 atom stereocenters. The smallest absolute Gasteiger partial charge is 0.407 e. The Morgan fingerprint density at radius 1 is 0.745 bits per heavy atom. The molecule has 1 fully saturated rings. The Labute approximate surface area is 323 Å². The molecule has 4 N–H and O–H groups in total. The van der Waals surface area contributed by atoms with E-state index in [1.165, 1.54) is 14.2 Å². The number of hydrogen-bond donors (Lipinski definition) is 4. The molecule has 1 aliphatic carbocycles. The van der Waals surface area contributed by atoms with Crippen LogP contribution in [0.15, 0.2) is 66.7 Å². The van der Waals surface area contributed by atoms with Crippen molar-refractivity contribution in [2.45, 2.75) is 90.4 Å². The van der Waals surface area contributed by atoms with Crippen molar-refractivity contribution in [3.63, 3.8) is 0 Å². The quantitative estimate of drug-likeness (QED) is 0.0817. The first-order chi connectivity index (χ1) is 26.4. The van der Waals surface area contributed by atoms with Gasteiger partial charge in [0.05, 0.1) is 32.3 Å². The van der Waals surface area contributed by atoms with E-state index in [0.717, 1.165) is 43.1 Å². The second kappa shape index (κ2) is 21.0. The second-order valence-electron chi connectivity index (χ2n) is 14.7. The molecule has 1 aromatic heterocycles. The van der Waals surface area contributed by atoms with Crippen LogP contribution in [0, 0.1) is 17.8 Å². The van der Waals surface area contributed by atoms with E-state index in [1.807, 2.05) is 62.4 Å². The number of fused-ring (bicyclic) bond motifs is 1. The van der Waals surface area contributed by atoms with Gasteiger partial charge in [0.1, 0.15) is 23.9 Å². The van der Waals surface area contributed by atoms with E-state index in [9.17, 15) is 24.0 Å². The molecule has 0 radical (unpaired) electrons. The van der Waals surface area contributed by atoms with Crippen LogP contribution in [-0.4, -0.2) is 91.5 Å². The summed E-state index contributed by atoms with van der Waals surface area (Å²) in [5.41, 5.74) is 4.56. The maximum atomic E-state index is 14.1. The lowest BCUT2D eigenvalue weighted by atomic mass is 9.89. The van der Waals surface area contributed by atoms with Crippen LogP contribution in [-0.2, 0) is 30.2 Å². The van der Waals surface area contributed by atoms with Crippen LogP contribution in [0.3, 0.4) is 0 Å². The standard InChI is InChI=1S/C41H56N6O8/c1-26(2)35(44-40(51)53-5)37(48)43-33(23-28-15-9-7-10-16-28)34(55-39(50)32-22-21-30-19-13-14-20-31(30)42-32)25-47(24-29-17-11-8-12-18-29)46-38(49)36(27(3)4)45-41(52)54-6/h7,9-10,13-16,19-22,26-27,29,33-36H,8,11-12,17-18,23-25H2,1-6H3,(H,43,48)(H,44,51)(H,45,52)(H,46,49)/t33?,34?,35-,36-/m0/s1. The van der Waals surface area contributed by atoms with Crippen molar-refractivity contribution < 1.29 is 38.2 Å². The number of nitrogens with zero attached hydrogens (tertiary/aromatic N) is 2. The number of ether oxygens (including phenoxy) is 3. The van der Waals surface area contributed by atoms with Gasteiger partial charge >= 0.3 is 18.2 Å². The van der Waals surface area contributed by atoms with Crippen molar-refractivity contribution in [2.75, 3.05) is 27.3 Å². The lowest BCUT2D eigenvalue weighted by molar-refractivity contribution is -0.131. The first-order valence-corrected chi connectivity index (χ1v) is 19.0. The number of carbonyl (C=O) groups excluding carboxylic acids is 5. The van der Waals surface area contributed by atoms with Gasteiger partial charge in [0.15, 0.2) is 0 Å². The van der Waals surface area contributed by atoms with Gasteiger partial charge in [0.25, 0.3) is 5.91 Å². The molecule has 0 saturated heterocycles. The van der Waals surface area contributed by atoms with Crippen molar-refractivity contribution in [3.05, 3.63) is 78.0 Å². The van der Waals surface area contributed by atoms with Gasteiger partial charge in [-0.15, -0.1) is 0 Å². The molecule has 4 rings (SSSR count). The van der Waals surface area contributed by atoms with Crippen molar-refractivity contribution in [3.8, 4) is 0 Å². The molecule has 2 unspecified atom stereocenters. The van der Waals surface area contributed by atoms with Gasteiger partial charge < -0.3 is 30.2 Å². The van der Waals surface area contributed by atoms with Crippen molar-refractivity contribution in [1.29, 1.82) is 0 Å². The summed E-state index contributed by atoms with van der Waals surface area (Å²) < 4.78 is 15.9. The Morgan fingerprint density at radius 2 is 1.35 bits per heavy atom. The first kappa shape index (κ1) is 42.5. The fraction of sp³-hybridized carbons (Fsp3) is 0.512.